The Morgan fingerprint density at radius 2 is 1.70 bits per heavy atom. The van der Waals surface area contributed by atoms with Gasteiger partial charge in [0.15, 0.2) is 0 Å². The molecule has 0 radical (unpaired) electrons. The standard InChI is InChI=1S/C27H37Cl2N3O4S/c1-7-20(4)30-27(34)21(5)31(17-22-12-13-23(28)24(29)16-22)26(33)9-8-14-32(37(6,35)36)25-15-18(2)10-11-19(25)3/h10-13,15-16,20-21H,7-9,14,17H2,1-6H3,(H,30,34)/t20-,21-/m1/s1. The van der Waals surface area contributed by atoms with Gasteiger partial charge in [-0.3, -0.25) is 13.9 Å². The van der Waals surface area contributed by atoms with Crippen molar-refractivity contribution in [3.05, 3.63) is 63.1 Å². The van der Waals surface area contributed by atoms with Crippen molar-refractivity contribution in [1.29, 1.82) is 0 Å². The summed E-state index contributed by atoms with van der Waals surface area (Å²) in [6, 6.07) is 9.96. The van der Waals surface area contributed by atoms with E-state index in [-0.39, 0.29) is 43.8 Å². The van der Waals surface area contributed by atoms with Crippen molar-refractivity contribution in [3.8, 4) is 0 Å². The summed E-state index contributed by atoms with van der Waals surface area (Å²) in [4.78, 5) is 27.8. The minimum absolute atomic E-state index is 0.0298. The lowest BCUT2D eigenvalue weighted by Gasteiger charge is -2.30. The first kappa shape index (κ1) is 30.9. The number of nitrogens with one attached hydrogen (secondary N) is 1. The third-order valence-corrected chi connectivity index (χ3v) is 8.21. The van der Waals surface area contributed by atoms with E-state index in [0.717, 1.165) is 29.4 Å². The molecule has 0 spiro atoms. The van der Waals surface area contributed by atoms with Crippen LogP contribution in [0.3, 0.4) is 0 Å². The molecule has 1 N–H and O–H groups in total. The van der Waals surface area contributed by atoms with E-state index in [1.807, 2.05) is 45.9 Å². The van der Waals surface area contributed by atoms with Crippen LogP contribution in [0.15, 0.2) is 36.4 Å². The zero-order valence-electron chi connectivity index (χ0n) is 22.3. The minimum Gasteiger partial charge on any atom is -0.352 e. The number of carbonyl (C=O) groups excluding carboxylic acids is 2. The summed E-state index contributed by atoms with van der Waals surface area (Å²) >= 11 is 12.2. The molecule has 0 aromatic heterocycles. The summed E-state index contributed by atoms with van der Waals surface area (Å²) in [5.41, 5.74) is 3.11. The van der Waals surface area contributed by atoms with Crippen LogP contribution in [-0.2, 0) is 26.2 Å². The summed E-state index contributed by atoms with van der Waals surface area (Å²) in [5, 5.41) is 3.69. The maximum absolute atomic E-state index is 13.4. The monoisotopic (exact) mass is 569 g/mol. The summed E-state index contributed by atoms with van der Waals surface area (Å²) in [6.45, 7) is 9.63. The molecule has 0 aliphatic carbocycles. The molecule has 7 nitrogen and oxygen atoms in total. The third kappa shape index (κ3) is 8.90. The highest BCUT2D eigenvalue weighted by atomic mass is 35.5. The first-order chi connectivity index (χ1) is 17.2. The summed E-state index contributed by atoms with van der Waals surface area (Å²) in [6.07, 6.45) is 2.28. The predicted molar refractivity (Wildman–Crippen MR) is 152 cm³/mol. The molecule has 2 aromatic carbocycles. The molecule has 2 aromatic rings. The highest BCUT2D eigenvalue weighted by molar-refractivity contribution is 7.92. The summed E-state index contributed by atoms with van der Waals surface area (Å²) in [7, 11) is -3.56. The van der Waals surface area contributed by atoms with Crippen molar-refractivity contribution in [1.82, 2.24) is 10.2 Å². The number of anilines is 1. The van der Waals surface area contributed by atoms with E-state index in [1.54, 1.807) is 25.1 Å². The molecule has 0 heterocycles. The molecule has 0 aliphatic rings. The maximum Gasteiger partial charge on any atom is 0.242 e. The van der Waals surface area contributed by atoms with Gasteiger partial charge in [0.2, 0.25) is 21.8 Å². The first-order valence-electron chi connectivity index (χ1n) is 12.3. The SMILES string of the molecule is CC[C@@H](C)NC(=O)[C@@H](C)N(Cc1ccc(Cl)c(Cl)c1)C(=O)CCCN(c1cc(C)ccc1C)S(C)(=O)=O. The smallest absolute Gasteiger partial charge is 0.242 e. The minimum atomic E-state index is -3.56. The van der Waals surface area contributed by atoms with Gasteiger partial charge in [0, 0.05) is 25.6 Å². The number of halogens is 2. The van der Waals surface area contributed by atoms with Gasteiger partial charge in [-0.1, -0.05) is 48.3 Å². The Labute approximate surface area is 231 Å². The van der Waals surface area contributed by atoms with Gasteiger partial charge < -0.3 is 10.2 Å². The molecule has 10 heteroatoms. The van der Waals surface area contributed by atoms with E-state index in [4.69, 9.17) is 23.2 Å². The first-order valence-corrected chi connectivity index (χ1v) is 14.9. The fourth-order valence-electron chi connectivity index (χ4n) is 3.85. The average Bonchev–Trinajstić information content (AvgIpc) is 2.82. The molecule has 2 rings (SSSR count). The number of aryl methyl sites for hydroxylation is 2. The van der Waals surface area contributed by atoms with Gasteiger partial charge in [-0.2, -0.15) is 0 Å². The quantitative estimate of drug-likeness (QED) is 0.366. The molecule has 0 bridgehead atoms. The fourth-order valence-corrected chi connectivity index (χ4v) is 5.19. The molecule has 0 fully saturated rings. The molecular weight excluding hydrogens is 533 g/mol. The number of carbonyl (C=O) groups is 2. The van der Waals surface area contributed by atoms with Gasteiger partial charge in [0.25, 0.3) is 0 Å². The number of nitrogens with zero attached hydrogens (tertiary/aromatic N) is 2. The Kier molecular flexibility index (Phi) is 11.3. The van der Waals surface area contributed by atoms with Crippen LogP contribution in [0.1, 0.15) is 56.7 Å². The third-order valence-electron chi connectivity index (χ3n) is 6.29. The number of hydrogen-bond donors (Lipinski definition) is 1. The lowest BCUT2D eigenvalue weighted by Crippen LogP contribution is -2.49. The Hall–Kier alpha value is -2.29. The van der Waals surface area contributed by atoms with Gasteiger partial charge in [-0.15, -0.1) is 0 Å². The van der Waals surface area contributed by atoms with Crippen LogP contribution in [-0.4, -0.2) is 50.0 Å². The maximum atomic E-state index is 13.4. The predicted octanol–water partition coefficient (Wildman–Crippen LogP) is 5.49. The Morgan fingerprint density at radius 3 is 2.30 bits per heavy atom. The zero-order valence-corrected chi connectivity index (χ0v) is 24.7. The number of benzene rings is 2. The van der Waals surface area contributed by atoms with Crippen molar-refractivity contribution in [3.63, 3.8) is 0 Å². The lowest BCUT2D eigenvalue weighted by atomic mass is 10.1. The van der Waals surface area contributed by atoms with E-state index in [2.05, 4.69) is 5.32 Å². The van der Waals surface area contributed by atoms with Crippen LogP contribution in [0, 0.1) is 13.8 Å². The number of sulfonamides is 1. The van der Waals surface area contributed by atoms with Gasteiger partial charge in [-0.05, 0) is 75.4 Å². The highest BCUT2D eigenvalue weighted by Crippen LogP contribution is 2.26. The van der Waals surface area contributed by atoms with Crippen molar-refractivity contribution < 1.29 is 18.0 Å². The second-order valence-corrected chi connectivity index (χ2v) is 12.2. The van der Waals surface area contributed by atoms with E-state index >= 15 is 0 Å². The highest BCUT2D eigenvalue weighted by Gasteiger charge is 2.27. The Balaban J connectivity index is 2.24. The van der Waals surface area contributed by atoms with E-state index in [1.165, 1.54) is 9.21 Å². The second kappa shape index (κ2) is 13.5. The van der Waals surface area contributed by atoms with Crippen molar-refractivity contribution in [2.24, 2.45) is 0 Å². The van der Waals surface area contributed by atoms with Crippen LogP contribution < -0.4 is 9.62 Å². The number of hydrogen-bond acceptors (Lipinski definition) is 4. The average molecular weight is 571 g/mol. The summed E-state index contributed by atoms with van der Waals surface area (Å²) < 4.78 is 26.5. The molecule has 0 saturated carbocycles. The molecule has 0 unspecified atom stereocenters. The van der Waals surface area contributed by atoms with E-state index in [0.29, 0.717) is 15.7 Å². The van der Waals surface area contributed by atoms with Crippen molar-refractivity contribution in [2.75, 3.05) is 17.1 Å². The molecule has 2 amide bonds. The van der Waals surface area contributed by atoms with Crippen LogP contribution in [0.5, 0.6) is 0 Å². The van der Waals surface area contributed by atoms with E-state index in [9.17, 15) is 18.0 Å². The second-order valence-electron chi connectivity index (χ2n) is 9.49. The van der Waals surface area contributed by atoms with Crippen molar-refractivity contribution in [2.45, 2.75) is 72.5 Å². The molecule has 0 saturated heterocycles. The van der Waals surface area contributed by atoms with Gasteiger partial charge in [0.1, 0.15) is 6.04 Å². The Morgan fingerprint density at radius 1 is 1.03 bits per heavy atom. The van der Waals surface area contributed by atoms with E-state index < -0.39 is 16.1 Å². The molecular formula is C27H37Cl2N3O4S. The van der Waals surface area contributed by atoms with Crippen LogP contribution in [0.4, 0.5) is 5.69 Å². The normalized spacial score (nSPS) is 13.1. The lowest BCUT2D eigenvalue weighted by molar-refractivity contribution is -0.140. The Bertz CT molecular complexity index is 1220. The number of rotatable bonds is 12. The zero-order chi connectivity index (χ0) is 27.9. The molecule has 0 aliphatic heterocycles. The van der Waals surface area contributed by atoms with Gasteiger partial charge in [-0.25, -0.2) is 8.42 Å². The summed E-state index contributed by atoms with van der Waals surface area (Å²) in [5.74, 6) is -0.511. The fraction of sp³-hybridized carbons (Fsp3) is 0.481. The number of amides is 2. The molecule has 204 valence electrons. The van der Waals surface area contributed by atoms with Gasteiger partial charge >= 0.3 is 0 Å². The van der Waals surface area contributed by atoms with Crippen LogP contribution in [0.25, 0.3) is 0 Å². The van der Waals surface area contributed by atoms with Gasteiger partial charge in [0.05, 0.1) is 22.0 Å². The molecule has 2 atom stereocenters. The van der Waals surface area contributed by atoms with Crippen LogP contribution in [0.2, 0.25) is 10.0 Å². The largest absolute Gasteiger partial charge is 0.352 e. The van der Waals surface area contributed by atoms with Crippen molar-refractivity contribution >= 4 is 50.7 Å². The topological polar surface area (TPSA) is 86.8 Å². The molecule has 37 heavy (non-hydrogen) atoms. The van der Waals surface area contributed by atoms with Crippen LogP contribution >= 0.6 is 23.2 Å².